The largest absolute Gasteiger partial charge is 0.480 e. The second-order valence-corrected chi connectivity index (χ2v) is 5.74. The van der Waals surface area contributed by atoms with Gasteiger partial charge in [0, 0.05) is 19.7 Å². The van der Waals surface area contributed by atoms with Gasteiger partial charge in [0.2, 0.25) is 0 Å². The first-order valence-electron chi connectivity index (χ1n) is 6.46. The number of carboxylic acid groups (broad SMARTS) is 1. The lowest BCUT2D eigenvalue weighted by atomic mass is 9.99. The van der Waals surface area contributed by atoms with Crippen molar-refractivity contribution in [1.82, 2.24) is 10.2 Å². The van der Waals surface area contributed by atoms with Gasteiger partial charge in [0.05, 0.1) is 0 Å². The van der Waals surface area contributed by atoms with E-state index in [1.807, 2.05) is 6.26 Å². The van der Waals surface area contributed by atoms with Crippen molar-refractivity contribution in [2.45, 2.75) is 25.3 Å². The van der Waals surface area contributed by atoms with Crippen molar-refractivity contribution in [1.29, 1.82) is 0 Å². The number of likely N-dealkylation sites (tertiary alicyclic amines) is 1. The molecule has 3 N–H and O–H groups in total. The molecule has 19 heavy (non-hydrogen) atoms. The molecule has 0 aromatic heterocycles. The van der Waals surface area contributed by atoms with E-state index in [4.69, 9.17) is 10.2 Å². The number of urea groups is 1. The Morgan fingerprint density at radius 3 is 2.84 bits per heavy atom. The van der Waals surface area contributed by atoms with E-state index in [0.717, 1.165) is 12.8 Å². The zero-order valence-electron chi connectivity index (χ0n) is 11.2. The van der Waals surface area contributed by atoms with E-state index in [-0.39, 0.29) is 18.6 Å². The van der Waals surface area contributed by atoms with Crippen LogP contribution in [-0.2, 0) is 4.79 Å². The van der Waals surface area contributed by atoms with Crippen LogP contribution in [0.4, 0.5) is 4.79 Å². The quantitative estimate of drug-likeness (QED) is 0.667. The van der Waals surface area contributed by atoms with E-state index in [9.17, 15) is 9.59 Å². The molecule has 110 valence electrons. The fourth-order valence-electron chi connectivity index (χ4n) is 2.13. The summed E-state index contributed by atoms with van der Waals surface area (Å²) in [5, 5.41) is 20.7. The Hall–Kier alpha value is -0.950. The van der Waals surface area contributed by atoms with Crippen LogP contribution in [0.2, 0.25) is 0 Å². The van der Waals surface area contributed by atoms with E-state index >= 15 is 0 Å². The summed E-state index contributed by atoms with van der Waals surface area (Å²) < 4.78 is 0. The summed E-state index contributed by atoms with van der Waals surface area (Å²) in [5.74, 6) is -0.205. The van der Waals surface area contributed by atoms with Crippen molar-refractivity contribution in [2.24, 2.45) is 5.92 Å². The van der Waals surface area contributed by atoms with E-state index in [2.05, 4.69) is 5.32 Å². The van der Waals surface area contributed by atoms with Crippen molar-refractivity contribution >= 4 is 23.8 Å². The standard InChI is InChI=1S/C12H22N2O4S/c1-19-6-4-10(11(16)17)13-12(18)14-5-2-3-9(7-14)8-15/h9-10,15H,2-8H2,1H3,(H,13,18)(H,16,17)/t9?,10-/m1/s1. The average Bonchev–Trinajstić information content (AvgIpc) is 2.42. The molecule has 0 spiro atoms. The third kappa shape index (κ3) is 5.28. The molecule has 0 radical (unpaired) electrons. The molecule has 1 heterocycles. The Kier molecular flexibility index (Phi) is 7.01. The lowest BCUT2D eigenvalue weighted by Crippen LogP contribution is -2.51. The molecule has 7 heteroatoms. The summed E-state index contributed by atoms with van der Waals surface area (Å²) in [4.78, 5) is 24.7. The highest BCUT2D eigenvalue weighted by Gasteiger charge is 2.26. The maximum Gasteiger partial charge on any atom is 0.326 e. The van der Waals surface area contributed by atoms with Crippen LogP contribution >= 0.6 is 11.8 Å². The molecule has 1 saturated heterocycles. The van der Waals surface area contributed by atoms with Crippen LogP contribution < -0.4 is 5.32 Å². The SMILES string of the molecule is CSCC[C@@H](NC(=O)N1CCCC(CO)C1)C(=O)O. The van der Waals surface area contributed by atoms with Crippen LogP contribution in [0.5, 0.6) is 0 Å². The van der Waals surface area contributed by atoms with Gasteiger partial charge in [-0.15, -0.1) is 0 Å². The molecular formula is C12H22N2O4S. The number of carbonyl (C=O) groups excluding carboxylic acids is 1. The van der Waals surface area contributed by atoms with Crippen molar-refractivity contribution in [3.05, 3.63) is 0 Å². The molecular weight excluding hydrogens is 268 g/mol. The summed E-state index contributed by atoms with van der Waals surface area (Å²) in [5.41, 5.74) is 0. The normalized spacial score (nSPS) is 20.9. The van der Waals surface area contributed by atoms with Gasteiger partial charge in [-0.1, -0.05) is 0 Å². The smallest absolute Gasteiger partial charge is 0.326 e. The number of nitrogens with zero attached hydrogens (tertiary/aromatic N) is 1. The number of thioether (sulfide) groups is 1. The van der Waals surface area contributed by atoms with E-state index in [1.165, 1.54) is 0 Å². The molecule has 2 amide bonds. The second-order valence-electron chi connectivity index (χ2n) is 4.76. The summed E-state index contributed by atoms with van der Waals surface area (Å²) in [7, 11) is 0. The highest BCUT2D eigenvalue weighted by molar-refractivity contribution is 7.98. The van der Waals surface area contributed by atoms with Gasteiger partial charge in [-0.2, -0.15) is 11.8 Å². The van der Waals surface area contributed by atoms with E-state index in [1.54, 1.807) is 16.7 Å². The maximum atomic E-state index is 12.0. The lowest BCUT2D eigenvalue weighted by molar-refractivity contribution is -0.139. The molecule has 0 saturated carbocycles. The molecule has 1 aliphatic heterocycles. The molecule has 1 fully saturated rings. The van der Waals surface area contributed by atoms with Crippen molar-refractivity contribution in [3.63, 3.8) is 0 Å². The van der Waals surface area contributed by atoms with Gasteiger partial charge >= 0.3 is 12.0 Å². The topological polar surface area (TPSA) is 89.9 Å². The molecule has 1 aliphatic rings. The van der Waals surface area contributed by atoms with Gasteiger partial charge in [-0.3, -0.25) is 0 Å². The first-order valence-corrected chi connectivity index (χ1v) is 7.86. The zero-order chi connectivity index (χ0) is 14.3. The second kappa shape index (κ2) is 8.27. The molecule has 1 unspecified atom stereocenters. The summed E-state index contributed by atoms with van der Waals surface area (Å²) in [6, 6.07) is -1.18. The van der Waals surface area contributed by atoms with Crippen LogP contribution in [0.15, 0.2) is 0 Å². The molecule has 0 aliphatic carbocycles. The number of nitrogens with one attached hydrogen (secondary N) is 1. The first-order chi connectivity index (χ1) is 9.08. The molecule has 1 rings (SSSR count). The number of rotatable bonds is 6. The van der Waals surface area contributed by atoms with Crippen LogP contribution in [0, 0.1) is 5.92 Å². The third-order valence-corrected chi connectivity index (χ3v) is 3.91. The van der Waals surface area contributed by atoms with Gasteiger partial charge < -0.3 is 20.4 Å². The minimum absolute atomic E-state index is 0.0681. The van der Waals surface area contributed by atoms with Crippen LogP contribution in [0.3, 0.4) is 0 Å². The van der Waals surface area contributed by atoms with Crippen LogP contribution in [0.25, 0.3) is 0 Å². The molecule has 6 nitrogen and oxygen atoms in total. The average molecular weight is 290 g/mol. The Bertz CT molecular complexity index is 314. The van der Waals surface area contributed by atoms with Crippen molar-refractivity contribution in [2.75, 3.05) is 31.7 Å². The number of hydrogen-bond acceptors (Lipinski definition) is 4. The maximum absolute atomic E-state index is 12.0. The van der Waals surface area contributed by atoms with Gasteiger partial charge in [0.1, 0.15) is 6.04 Å². The number of aliphatic hydroxyl groups excluding tert-OH is 1. The predicted molar refractivity (Wildman–Crippen MR) is 74.3 cm³/mol. The Labute approximate surface area is 117 Å². The summed E-state index contributed by atoms with van der Waals surface area (Å²) >= 11 is 1.55. The third-order valence-electron chi connectivity index (χ3n) is 3.27. The van der Waals surface area contributed by atoms with Crippen molar-refractivity contribution in [3.8, 4) is 0 Å². The fraction of sp³-hybridized carbons (Fsp3) is 0.833. The zero-order valence-corrected chi connectivity index (χ0v) is 12.0. The van der Waals surface area contributed by atoms with Gasteiger partial charge in [-0.05, 0) is 37.2 Å². The van der Waals surface area contributed by atoms with E-state index in [0.29, 0.717) is 25.3 Å². The number of amides is 2. The Balaban J connectivity index is 2.48. The minimum atomic E-state index is -1.00. The monoisotopic (exact) mass is 290 g/mol. The highest BCUT2D eigenvalue weighted by Crippen LogP contribution is 2.16. The van der Waals surface area contributed by atoms with Crippen LogP contribution in [-0.4, -0.2) is 64.9 Å². The molecule has 2 atom stereocenters. The van der Waals surface area contributed by atoms with Crippen molar-refractivity contribution < 1.29 is 19.8 Å². The first kappa shape index (κ1) is 16.1. The Morgan fingerprint density at radius 1 is 1.53 bits per heavy atom. The van der Waals surface area contributed by atoms with E-state index < -0.39 is 12.0 Å². The summed E-state index contributed by atoms with van der Waals surface area (Å²) in [6.07, 6.45) is 4.08. The summed E-state index contributed by atoms with van der Waals surface area (Å²) in [6.45, 7) is 1.19. The highest BCUT2D eigenvalue weighted by atomic mass is 32.2. The molecule has 0 bridgehead atoms. The number of carboxylic acids is 1. The number of piperidine rings is 1. The van der Waals surface area contributed by atoms with Gasteiger partial charge in [0.25, 0.3) is 0 Å². The Morgan fingerprint density at radius 2 is 2.26 bits per heavy atom. The number of hydrogen-bond donors (Lipinski definition) is 3. The minimum Gasteiger partial charge on any atom is -0.480 e. The number of carbonyl (C=O) groups is 2. The van der Waals surface area contributed by atoms with Gasteiger partial charge in [-0.25, -0.2) is 9.59 Å². The fourth-order valence-corrected chi connectivity index (χ4v) is 2.60. The predicted octanol–water partition coefficient (Wildman–Crippen LogP) is 0.607. The van der Waals surface area contributed by atoms with Gasteiger partial charge in [0.15, 0.2) is 0 Å². The lowest BCUT2D eigenvalue weighted by Gasteiger charge is -2.32. The van der Waals surface area contributed by atoms with Crippen LogP contribution in [0.1, 0.15) is 19.3 Å². The number of aliphatic hydroxyl groups is 1. The molecule has 0 aromatic carbocycles. The number of aliphatic carboxylic acids is 1. The molecule has 0 aromatic rings.